The summed E-state index contributed by atoms with van der Waals surface area (Å²) in [5, 5.41) is 1.82. The molecule has 5 nitrogen and oxygen atoms in total. The molecule has 0 radical (unpaired) electrons. The molecule has 0 aliphatic heterocycles. The Morgan fingerprint density at radius 1 is 0.857 bits per heavy atom. The monoisotopic (exact) mass is 487 g/mol. The summed E-state index contributed by atoms with van der Waals surface area (Å²) < 4.78 is 55.9. The highest BCUT2D eigenvalue weighted by Gasteiger charge is 2.20. The second kappa shape index (κ2) is 10.9. The normalized spacial score (nSPS) is 11.6. The lowest BCUT2D eigenvalue weighted by Crippen LogP contribution is -2.70. The number of benzene rings is 3. The van der Waals surface area contributed by atoms with Gasteiger partial charge in [0.1, 0.15) is 11.3 Å². The maximum absolute atomic E-state index is 11.7. The standard InChI is InChI=1S/C25H21NO4.BF4/c1-16(27)17-7-6-8-19(13-17)26-21-15-24(30-22-10-5-4-9-20(21)22)18-11-12-23(28-2)25(14-18)29-3;2-1(3,4)5/h4-15H,1-3H3;/q;-1/p+1. The van der Waals surface area contributed by atoms with Crippen molar-refractivity contribution in [3.05, 3.63) is 83.7 Å². The molecular formula is C25H22BF4NO4. The lowest BCUT2D eigenvalue weighted by atomic mass is 10.1. The van der Waals surface area contributed by atoms with Crippen molar-refractivity contribution in [2.75, 3.05) is 14.2 Å². The number of para-hydroxylation sites is 1. The van der Waals surface area contributed by atoms with Gasteiger partial charge in [0.25, 0.3) is 0 Å². The van der Waals surface area contributed by atoms with Crippen LogP contribution in [0.5, 0.6) is 11.5 Å². The summed E-state index contributed by atoms with van der Waals surface area (Å²) in [5.41, 5.74) is 3.09. The van der Waals surface area contributed by atoms with Gasteiger partial charge < -0.3 is 31.2 Å². The van der Waals surface area contributed by atoms with Crippen molar-refractivity contribution in [2.45, 2.75) is 6.92 Å². The molecule has 35 heavy (non-hydrogen) atoms. The molecule has 4 rings (SSSR count). The van der Waals surface area contributed by atoms with Gasteiger partial charge in [-0.15, -0.1) is 0 Å². The van der Waals surface area contributed by atoms with Gasteiger partial charge in [-0.25, -0.2) is 4.99 Å². The number of methoxy groups -OCH3 is 2. The smallest absolute Gasteiger partial charge is 0.493 e. The van der Waals surface area contributed by atoms with E-state index in [9.17, 15) is 22.1 Å². The van der Waals surface area contributed by atoms with Gasteiger partial charge in [0.15, 0.2) is 17.3 Å². The molecule has 0 fully saturated rings. The van der Waals surface area contributed by atoms with Crippen LogP contribution >= 0.6 is 0 Å². The Balaban J connectivity index is 0.000000623. The predicted octanol–water partition coefficient (Wildman–Crippen LogP) is 4.93. The third-order valence-corrected chi connectivity index (χ3v) is 4.89. The molecule has 10 heteroatoms. The number of rotatable bonds is 5. The van der Waals surface area contributed by atoms with Crippen LogP contribution in [-0.4, -0.2) is 27.3 Å². The van der Waals surface area contributed by atoms with E-state index in [1.807, 2.05) is 66.7 Å². The Labute approximate surface area is 198 Å². The molecule has 4 aromatic rings. The lowest BCUT2D eigenvalue weighted by Gasteiger charge is -2.09. The van der Waals surface area contributed by atoms with Crippen LogP contribution in [0.25, 0.3) is 22.3 Å². The Morgan fingerprint density at radius 2 is 1.54 bits per heavy atom. The summed E-state index contributed by atoms with van der Waals surface area (Å²) in [6.07, 6.45) is 0. The number of ether oxygens (including phenoxy) is 2. The molecule has 0 spiro atoms. The van der Waals surface area contributed by atoms with Gasteiger partial charge in [-0.3, -0.25) is 4.79 Å². The van der Waals surface area contributed by atoms with Crippen LogP contribution in [0.4, 0.5) is 23.0 Å². The van der Waals surface area contributed by atoms with Crippen molar-refractivity contribution in [1.29, 1.82) is 0 Å². The van der Waals surface area contributed by atoms with Crippen molar-refractivity contribution in [2.24, 2.45) is 0 Å². The Bertz CT molecular complexity index is 1410. The molecule has 3 aromatic carbocycles. The van der Waals surface area contributed by atoms with Gasteiger partial charge in [-0.05, 0) is 37.3 Å². The molecule has 0 unspecified atom stereocenters. The van der Waals surface area contributed by atoms with Gasteiger partial charge in [-0.2, -0.15) is 0 Å². The average molecular weight is 487 g/mol. The van der Waals surface area contributed by atoms with Gasteiger partial charge in [-0.1, -0.05) is 24.3 Å². The highest BCUT2D eigenvalue weighted by Crippen LogP contribution is 2.32. The number of carbonyl (C=O) groups is 1. The minimum atomic E-state index is -6.00. The third-order valence-electron chi connectivity index (χ3n) is 4.89. The number of nitrogens with one attached hydrogen (secondary N) is 1. The summed E-state index contributed by atoms with van der Waals surface area (Å²) in [5.74, 6) is 1.99. The number of hydrogen-bond donors (Lipinski definition) is 1. The van der Waals surface area contributed by atoms with Crippen LogP contribution in [0, 0.1) is 0 Å². The highest BCUT2D eigenvalue weighted by molar-refractivity contribution is 6.50. The predicted molar refractivity (Wildman–Crippen MR) is 125 cm³/mol. The number of halogens is 4. The largest absolute Gasteiger partial charge is 0.673 e. The van der Waals surface area contributed by atoms with E-state index in [2.05, 4.69) is 4.99 Å². The van der Waals surface area contributed by atoms with Gasteiger partial charge in [0.2, 0.25) is 11.0 Å². The summed E-state index contributed by atoms with van der Waals surface area (Å²) in [6, 6.07) is 22.9. The zero-order valence-electron chi connectivity index (χ0n) is 19.2. The summed E-state index contributed by atoms with van der Waals surface area (Å²) in [6.45, 7) is 1.56. The number of hydrogen-bond acceptors (Lipinski definition) is 4. The average Bonchev–Trinajstić information content (AvgIpc) is 2.82. The first kappa shape index (κ1) is 25.5. The lowest BCUT2D eigenvalue weighted by molar-refractivity contribution is -0.400. The number of carbonyl (C=O) groups excluding carboxylic acids is 1. The summed E-state index contributed by atoms with van der Waals surface area (Å²) in [4.78, 5) is 15.2. The van der Waals surface area contributed by atoms with Crippen LogP contribution in [-0.2, 0) is 0 Å². The molecule has 0 atom stereocenters. The Kier molecular flexibility index (Phi) is 7.96. The molecule has 1 heterocycles. The first-order valence-corrected chi connectivity index (χ1v) is 10.4. The molecule has 0 bridgehead atoms. The maximum Gasteiger partial charge on any atom is 0.673 e. The highest BCUT2D eigenvalue weighted by atomic mass is 19.5. The third kappa shape index (κ3) is 6.95. The SMILES string of the molecule is COc1ccc(-c2cc(=[NH+]c3cccc(C(C)=O)c3)c3ccccc3o2)cc1OC.F[B-](F)(F)F. The van der Waals surface area contributed by atoms with E-state index in [4.69, 9.17) is 13.9 Å². The molecule has 0 aliphatic carbocycles. The second-order valence-electron chi connectivity index (χ2n) is 7.35. The molecule has 1 aromatic heterocycles. The van der Waals surface area contributed by atoms with Gasteiger partial charge >= 0.3 is 7.25 Å². The maximum atomic E-state index is 11.7. The zero-order valence-corrected chi connectivity index (χ0v) is 19.2. The fraction of sp³-hybridized carbons (Fsp3) is 0.120. The fourth-order valence-electron chi connectivity index (χ4n) is 3.34. The first-order chi connectivity index (χ1) is 16.6. The van der Waals surface area contributed by atoms with Crippen molar-refractivity contribution in [3.8, 4) is 22.8 Å². The number of ketones is 1. The van der Waals surface area contributed by atoms with E-state index in [-0.39, 0.29) is 5.78 Å². The number of fused-ring (bicyclic) bond motifs is 1. The van der Waals surface area contributed by atoms with Crippen molar-refractivity contribution < 1.29 is 40.9 Å². The Hall–Kier alpha value is -4.08. The van der Waals surface area contributed by atoms with E-state index in [0.29, 0.717) is 22.8 Å². The number of Topliss-reactive ketones (excluding diaryl/α,β-unsaturated/α-hetero) is 1. The van der Waals surface area contributed by atoms with E-state index >= 15 is 0 Å². The Morgan fingerprint density at radius 3 is 2.20 bits per heavy atom. The molecule has 0 amide bonds. The second-order valence-corrected chi connectivity index (χ2v) is 7.35. The van der Waals surface area contributed by atoms with E-state index in [1.54, 1.807) is 27.2 Å². The van der Waals surface area contributed by atoms with Crippen LogP contribution in [0.3, 0.4) is 0 Å². The van der Waals surface area contributed by atoms with Crippen molar-refractivity contribution in [3.63, 3.8) is 0 Å². The minimum absolute atomic E-state index is 0.0255. The quantitative estimate of drug-likeness (QED) is 0.246. The van der Waals surface area contributed by atoms with Crippen LogP contribution in [0.1, 0.15) is 17.3 Å². The molecule has 0 saturated heterocycles. The molecule has 0 saturated carbocycles. The van der Waals surface area contributed by atoms with Crippen molar-refractivity contribution >= 4 is 29.7 Å². The van der Waals surface area contributed by atoms with Crippen molar-refractivity contribution in [1.82, 2.24) is 0 Å². The molecule has 0 aliphatic rings. The van der Waals surface area contributed by atoms with Crippen LogP contribution in [0.15, 0.2) is 77.2 Å². The van der Waals surface area contributed by atoms with Gasteiger partial charge in [0, 0.05) is 23.3 Å². The fourth-order valence-corrected chi connectivity index (χ4v) is 3.34. The van der Waals surface area contributed by atoms with Gasteiger partial charge in [0.05, 0.1) is 25.7 Å². The van der Waals surface area contributed by atoms with E-state index < -0.39 is 7.25 Å². The molecule has 1 N–H and O–H groups in total. The topological polar surface area (TPSA) is 62.6 Å². The van der Waals surface area contributed by atoms with Crippen LogP contribution < -0.4 is 19.8 Å². The molecule has 182 valence electrons. The minimum Gasteiger partial charge on any atom is -0.493 e. The van der Waals surface area contributed by atoms with Crippen LogP contribution in [0.2, 0.25) is 0 Å². The zero-order chi connectivity index (χ0) is 25.6. The summed E-state index contributed by atoms with van der Waals surface area (Å²) >= 11 is 0. The first-order valence-electron chi connectivity index (χ1n) is 10.4. The van der Waals surface area contributed by atoms with E-state index in [0.717, 1.165) is 27.6 Å². The molecular weight excluding hydrogens is 465 g/mol. The summed E-state index contributed by atoms with van der Waals surface area (Å²) in [7, 11) is -2.79. The van der Waals surface area contributed by atoms with E-state index in [1.165, 1.54) is 0 Å².